The van der Waals surface area contributed by atoms with Crippen molar-refractivity contribution in [1.29, 1.82) is 5.26 Å². The zero-order valence-corrected chi connectivity index (χ0v) is 23.4. The fraction of sp³-hybridized carbons (Fsp3) is 0.536. The van der Waals surface area contributed by atoms with Gasteiger partial charge in [-0.25, -0.2) is 9.78 Å². The molecule has 0 bridgehead atoms. The number of nitrogens with one attached hydrogen (secondary N) is 1. The van der Waals surface area contributed by atoms with Crippen molar-refractivity contribution in [2.45, 2.75) is 38.6 Å². The molecule has 0 unspecified atom stereocenters. The molecule has 0 aliphatic carbocycles. The van der Waals surface area contributed by atoms with Crippen LogP contribution in [0.2, 0.25) is 0 Å². The van der Waals surface area contributed by atoms with Gasteiger partial charge in [0.1, 0.15) is 17.7 Å². The smallest absolute Gasteiger partial charge is 0.328 e. The summed E-state index contributed by atoms with van der Waals surface area (Å²) < 4.78 is 5.61. The number of nitrogens with zero attached hydrogens (tertiary/aromatic N) is 6. The summed E-state index contributed by atoms with van der Waals surface area (Å²) in [6.07, 6.45) is 6.25. The Labute approximate surface area is 233 Å². The number of hydrogen-bond acceptors (Lipinski definition) is 8. The third-order valence-corrected chi connectivity index (χ3v) is 8.75. The van der Waals surface area contributed by atoms with E-state index in [0.717, 1.165) is 66.8 Å². The summed E-state index contributed by atoms with van der Waals surface area (Å²) in [7, 11) is 3.50. The number of fused-ring (bicyclic) bond motifs is 1. The van der Waals surface area contributed by atoms with Gasteiger partial charge in [-0.05, 0) is 79.8 Å². The zero-order chi connectivity index (χ0) is 27.4. The molecule has 2 fully saturated rings. The van der Waals surface area contributed by atoms with Gasteiger partial charge in [-0.2, -0.15) is 22.0 Å². The molecule has 3 amide bonds. The minimum absolute atomic E-state index is 0.0844. The zero-order valence-electron chi connectivity index (χ0n) is 22.6. The van der Waals surface area contributed by atoms with Crippen LogP contribution in [-0.4, -0.2) is 83.5 Å². The second-order valence-corrected chi connectivity index (χ2v) is 11.7. The minimum Gasteiger partial charge on any atom is -0.481 e. The third kappa shape index (κ3) is 6.28. The molecular formula is C28H35N7O3S. The molecule has 206 valence electrons. The van der Waals surface area contributed by atoms with Gasteiger partial charge < -0.3 is 9.64 Å². The van der Waals surface area contributed by atoms with Gasteiger partial charge in [0.25, 0.3) is 0 Å². The van der Waals surface area contributed by atoms with Crippen LogP contribution in [0.1, 0.15) is 41.5 Å². The lowest BCUT2D eigenvalue weighted by atomic mass is 9.92. The molecule has 2 aromatic heterocycles. The highest BCUT2D eigenvalue weighted by molar-refractivity contribution is 7.99. The Balaban J connectivity index is 1.33. The number of carbonyl (C=O) groups excluding carboxylic acids is 2. The van der Waals surface area contributed by atoms with E-state index >= 15 is 0 Å². The predicted octanol–water partition coefficient (Wildman–Crippen LogP) is 3.30. The van der Waals surface area contributed by atoms with Crippen molar-refractivity contribution >= 4 is 35.3 Å². The Hall–Kier alpha value is -3.36. The van der Waals surface area contributed by atoms with Crippen molar-refractivity contribution in [3.63, 3.8) is 0 Å². The molecule has 2 aromatic rings. The lowest BCUT2D eigenvalue weighted by Crippen LogP contribution is -2.48. The number of aromatic nitrogens is 2. The number of nitriles is 1. The Bertz CT molecular complexity index is 1270. The summed E-state index contributed by atoms with van der Waals surface area (Å²) in [5.41, 5.74) is 3.29. The van der Waals surface area contributed by atoms with Crippen LogP contribution in [0.25, 0.3) is 0 Å². The number of piperazine rings is 1. The first-order valence-corrected chi connectivity index (χ1v) is 14.7. The van der Waals surface area contributed by atoms with Crippen molar-refractivity contribution in [3.05, 3.63) is 40.6 Å². The van der Waals surface area contributed by atoms with Gasteiger partial charge in [-0.1, -0.05) is 0 Å². The van der Waals surface area contributed by atoms with E-state index in [1.54, 1.807) is 18.2 Å². The Morgan fingerprint density at radius 1 is 1.23 bits per heavy atom. The lowest BCUT2D eigenvalue weighted by molar-refractivity contribution is -0.136. The number of anilines is 2. The number of rotatable bonds is 6. The second-order valence-electron chi connectivity index (χ2n) is 10.5. The van der Waals surface area contributed by atoms with E-state index < -0.39 is 0 Å². The van der Waals surface area contributed by atoms with E-state index in [2.05, 4.69) is 16.4 Å². The first-order chi connectivity index (χ1) is 18.9. The van der Waals surface area contributed by atoms with E-state index in [0.29, 0.717) is 55.2 Å². The number of amides is 3. The molecule has 11 heteroatoms. The van der Waals surface area contributed by atoms with E-state index in [9.17, 15) is 14.9 Å². The van der Waals surface area contributed by atoms with Crippen molar-refractivity contribution < 1.29 is 14.3 Å². The Kier molecular flexibility index (Phi) is 8.53. The number of hydrogen-bond donors (Lipinski definition) is 1. The van der Waals surface area contributed by atoms with Crippen LogP contribution < -0.4 is 15.0 Å². The topological polar surface area (TPSA) is 115 Å². The standard InChI is InChI=1S/C28H35N7O3S/c1-33-8-9-34(25(36)18-33)17-22-13-20-4-3-7-35(26(20)32-27(22)38-2)28(37)31-24-14-21(23(15-29)16-30-24)12-19-5-10-39-11-6-19/h13-14,16,19H,3-12,17-18H2,1-2H3,(H,30,31,37). The molecule has 1 N–H and O–H groups in total. The number of methoxy groups -OCH3 is 1. The average Bonchev–Trinajstić information content (AvgIpc) is 2.94. The molecule has 0 aromatic carbocycles. The van der Waals surface area contributed by atoms with Gasteiger partial charge in [0.15, 0.2) is 0 Å². The summed E-state index contributed by atoms with van der Waals surface area (Å²) >= 11 is 1.98. The van der Waals surface area contributed by atoms with Crippen LogP contribution in [0.5, 0.6) is 5.88 Å². The fourth-order valence-corrected chi connectivity index (χ4v) is 6.69. The molecule has 39 heavy (non-hydrogen) atoms. The number of ether oxygens (including phenoxy) is 1. The van der Waals surface area contributed by atoms with Gasteiger partial charge in [0.2, 0.25) is 11.8 Å². The van der Waals surface area contributed by atoms with E-state index in [1.165, 1.54) is 0 Å². The summed E-state index contributed by atoms with van der Waals surface area (Å²) in [6.45, 7) is 2.84. The molecule has 0 radical (unpaired) electrons. The molecule has 3 aliphatic heterocycles. The number of carbonyl (C=O) groups is 2. The average molecular weight is 550 g/mol. The van der Waals surface area contributed by atoms with Crippen molar-refractivity contribution in [2.24, 2.45) is 5.92 Å². The highest BCUT2D eigenvalue weighted by Gasteiger charge is 2.29. The normalized spacial score (nSPS) is 18.4. The SMILES string of the molecule is COc1nc2c(cc1CN1CCN(C)CC1=O)CCCN2C(=O)Nc1cc(CC2CCSCC2)c(C#N)cn1. The maximum absolute atomic E-state index is 13.4. The number of likely N-dealkylation sites (N-methyl/N-ethyl adjacent to an activating group) is 1. The van der Waals surface area contributed by atoms with Gasteiger partial charge >= 0.3 is 6.03 Å². The number of urea groups is 1. The molecule has 5 rings (SSSR count). The molecule has 3 aliphatic rings. The highest BCUT2D eigenvalue weighted by Crippen LogP contribution is 2.32. The Morgan fingerprint density at radius 2 is 2.05 bits per heavy atom. The maximum atomic E-state index is 13.4. The molecule has 0 atom stereocenters. The summed E-state index contributed by atoms with van der Waals surface area (Å²) in [6, 6.07) is 5.80. The molecular weight excluding hydrogens is 514 g/mol. The second kappa shape index (κ2) is 12.2. The largest absolute Gasteiger partial charge is 0.481 e. The Morgan fingerprint density at radius 3 is 2.79 bits per heavy atom. The van der Waals surface area contributed by atoms with Gasteiger partial charge in [0.05, 0.1) is 25.8 Å². The van der Waals surface area contributed by atoms with Crippen molar-refractivity contribution in [1.82, 2.24) is 19.8 Å². The van der Waals surface area contributed by atoms with Gasteiger partial charge in [-0.15, -0.1) is 0 Å². The molecule has 5 heterocycles. The number of pyridine rings is 2. The molecule has 0 saturated carbocycles. The predicted molar refractivity (Wildman–Crippen MR) is 151 cm³/mol. The quantitative estimate of drug-likeness (QED) is 0.584. The summed E-state index contributed by atoms with van der Waals surface area (Å²) in [5.74, 6) is 4.36. The van der Waals surface area contributed by atoms with Crippen LogP contribution in [0.15, 0.2) is 18.3 Å². The number of aryl methyl sites for hydroxylation is 1. The van der Waals surface area contributed by atoms with Crippen LogP contribution in [0.3, 0.4) is 0 Å². The van der Waals surface area contributed by atoms with Crippen LogP contribution in [0.4, 0.5) is 16.4 Å². The minimum atomic E-state index is -0.315. The first-order valence-electron chi connectivity index (χ1n) is 13.5. The summed E-state index contributed by atoms with van der Waals surface area (Å²) in [5, 5.41) is 12.5. The van der Waals surface area contributed by atoms with Crippen LogP contribution in [-0.2, 0) is 24.2 Å². The molecule has 2 saturated heterocycles. The number of thioether (sulfide) groups is 1. The van der Waals surface area contributed by atoms with Crippen LogP contribution >= 0.6 is 11.8 Å². The lowest BCUT2D eigenvalue weighted by Gasteiger charge is -2.33. The highest BCUT2D eigenvalue weighted by atomic mass is 32.2. The molecule has 0 spiro atoms. The monoisotopic (exact) mass is 549 g/mol. The third-order valence-electron chi connectivity index (χ3n) is 7.71. The first kappa shape index (κ1) is 27.2. The van der Waals surface area contributed by atoms with Gasteiger partial charge in [0, 0.05) is 31.4 Å². The van der Waals surface area contributed by atoms with Gasteiger partial charge in [-0.3, -0.25) is 19.9 Å². The van der Waals surface area contributed by atoms with E-state index in [4.69, 9.17) is 9.72 Å². The van der Waals surface area contributed by atoms with Crippen molar-refractivity contribution in [3.8, 4) is 11.9 Å². The van der Waals surface area contributed by atoms with Crippen molar-refractivity contribution in [2.75, 3.05) is 62.1 Å². The molecule has 10 nitrogen and oxygen atoms in total. The van der Waals surface area contributed by atoms with E-state index in [-0.39, 0.29) is 11.9 Å². The van der Waals surface area contributed by atoms with E-state index in [1.807, 2.05) is 40.7 Å². The summed E-state index contributed by atoms with van der Waals surface area (Å²) in [4.78, 5) is 40.5. The van der Waals surface area contributed by atoms with Crippen LogP contribution in [0, 0.1) is 17.2 Å². The maximum Gasteiger partial charge on any atom is 0.328 e. The fourth-order valence-electron chi connectivity index (χ4n) is 5.49.